The van der Waals surface area contributed by atoms with Crippen LogP contribution in [-0.2, 0) is 4.74 Å². The first-order chi connectivity index (χ1) is 12.1. The number of rotatable bonds is 5. The Bertz CT molecular complexity index is 778. The Balaban J connectivity index is 2.05. The van der Waals surface area contributed by atoms with Crippen LogP contribution in [0.4, 0.5) is 0 Å². The van der Waals surface area contributed by atoms with Gasteiger partial charge in [-0.15, -0.1) is 0 Å². The number of hydrogen-bond donors (Lipinski definition) is 0. The lowest BCUT2D eigenvalue weighted by atomic mass is 9.91. The molecule has 2 aromatic rings. The molecule has 1 aliphatic heterocycles. The van der Waals surface area contributed by atoms with Crippen molar-refractivity contribution in [2.75, 3.05) is 13.7 Å². The minimum Gasteiger partial charge on any atom is -0.497 e. The maximum absolute atomic E-state index is 5.81. The van der Waals surface area contributed by atoms with E-state index in [-0.39, 0.29) is 6.10 Å². The molecule has 130 valence electrons. The number of hydrogen-bond acceptors (Lipinski definition) is 2. The number of ether oxygens (including phenoxy) is 2. The van der Waals surface area contributed by atoms with Crippen molar-refractivity contribution >= 4 is 5.57 Å². The summed E-state index contributed by atoms with van der Waals surface area (Å²) in [5.74, 6) is 0.877. The van der Waals surface area contributed by atoms with Crippen molar-refractivity contribution in [2.24, 2.45) is 0 Å². The Hall–Kier alpha value is -2.32. The van der Waals surface area contributed by atoms with Crippen LogP contribution < -0.4 is 4.74 Å². The molecule has 0 spiro atoms. The highest BCUT2D eigenvalue weighted by molar-refractivity contribution is 5.83. The lowest BCUT2D eigenvalue weighted by molar-refractivity contribution is 0.140. The van der Waals surface area contributed by atoms with Crippen LogP contribution in [0.15, 0.2) is 60.7 Å². The van der Waals surface area contributed by atoms with Crippen LogP contribution in [0, 0.1) is 13.8 Å². The fourth-order valence-corrected chi connectivity index (χ4v) is 3.26. The lowest BCUT2D eigenvalue weighted by Gasteiger charge is -2.16. The standard InChI is InChI=1S/C23H26O2/c1-16-7-9-19(10-8-16)22(15-18(3)23-6-5-13-25-23)21-12-11-20(24-4)14-17(21)2/h7-12,14-15,23H,3,5-6,13H2,1-2,4H3/b22-15-. The van der Waals surface area contributed by atoms with Gasteiger partial charge in [-0.05, 0) is 72.7 Å². The SMILES string of the molecule is C=C(/C=C(/c1ccc(C)cc1)c1ccc(OC)cc1C)C1CCCO1. The summed E-state index contributed by atoms with van der Waals surface area (Å²) in [6.07, 6.45) is 4.49. The van der Waals surface area contributed by atoms with Gasteiger partial charge in [0.15, 0.2) is 0 Å². The van der Waals surface area contributed by atoms with Crippen molar-refractivity contribution in [1.29, 1.82) is 0 Å². The van der Waals surface area contributed by atoms with E-state index in [9.17, 15) is 0 Å². The molecule has 2 heteroatoms. The molecule has 1 aliphatic rings. The topological polar surface area (TPSA) is 18.5 Å². The summed E-state index contributed by atoms with van der Waals surface area (Å²) in [6.45, 7) is 9.34. The van der Waals surface area contributed by atoms with Crippen molar-refractivity contribution in [3.05, 3.63) is 82.9 Å². The largest absolute Gasteiger partial charge is 0.497 e. The zero-order valence-electron chi connectivity index (χ0n) is 15.3. The van der Waals surface area contributed by atoms with E-state index in [0.29, 0.717) is 0 Å². The van der Waals surface area contributed by atoms with E-state index in [1.165, 1.54) is 27.8 Å². The zero-order chi connectivity index (χ0) is 17.8. The first kappa shape index (κ1) is 17.5. The summed E-state index contributed by atoms with van der Waals surface area (Å²) in [6, 6.07) is 14.9. The summed E-state index contributed by atoms with van der Waals surface area (Å²) in [7, 11) is 1.70. The average molecular weight is 334 g/mol. The molecule has 0 bridgehead atoms. The van der Waals surface area contributed by atoms with E-state index in [1.54, 1.807) is 7.11 Å². The summed E-state index contributed by atoms with van der Waals surface area (Å²) < 4.78 is 11.2. The molecular formula is C23H26O2. The normalized spacial score (nSPS) is 17.6. The molecule has 0 N–H and O–H groups in total. The van der Waals surface area contributed by atoms with Crippen molar-refractivity contribution in [3.63, 3.8) is 0 Å². The molecule has 2 nitrogen and oxygen atoms in total. The average Bonchev–Trinajstić information content (AvgIpc) is 3.15. The monoisotopic (exact) mass is 334 g/mol. The van der Waals surface area contributed by atoms with Crippen LogP contribution in [0.2, 0.25) is 0 Å². The Morgan fingerprint density at radius 3 is 2.52 bits per heavy atom. The third-order valence-corrected chi connectivity index (χ3v) is 4.76. The van der Waals surface area contributed by atoms with Gasteiger partial charge in [0.25, 0.3) is 0 Å². The van der Waals surface area contributed by atoms with Gasteiger partial charge in [-0.1, -0.05) is 42.5 Å². The summed E-state index contributed by atoms with van der Waals surface area (Å²) >= 11 is 0. The molecule has 0 saturated carbocycles. The first-order valence-corrected chi connectivity index (χ1v) is 8.82. The van der Waals surface area contributed by atoms with Gasteiger partial charge in [0.1, 0.15) is 5.75 Å². The molecule has 0 aromatic heterocycles. The molecule has 0 aliphatic carbocycles. The molecule has 1 heterocycles. The second-order valence-electron chi connectivity index (χ2n) is 6.68. The number of aryl methyl sites for hydroxylation is 2. The van der Waals surface area contributed by atoms with E-state index in [4.69, 9.17) is 9.47 Å². The third-order valence-electron chi connectivity index (χ3n) is 4.76. The Labute approximate surface area is 150 Å². The van der Waals surface area contributed by atoms with Gasteiger partial charge in [-0.25, -0.2) is 0 Å². The van der Waals surface area contributed by atoms with Crippen molar-refractivity contribution in [1.82, 2.24) is 0 Å². The molecular weight excluding hydrogens is 308 g/mol. The Morgan fingerprint density at radius 2 is 1.92 bits per heavy atom. The van der Waals surface area contributed by atoms with Crippen LogP contribution in [-0.4, -0.2) is 19.8 Å². The van der Waals surface area contributed by atoms with Crippen LogP contribution >= 0.6 is 0 Å². The number of benzene rings is 2. The quantitative estimate of drug-likeness (QED) is 0.674. The lowest BCUT2D eigenvalue weighted by Crippen LogP contribution is -2.07. The highest BCUT2D eigenvalue weighted by Gasteiger charge is 2.19. The maximum Gasteiger partial charge on any atom is 0.119 e. The highest BCUT2D eigenvalue weighted by atomic mass is 16.5. The maximum atomic E-state index is 5.81. The van der Waals surface area contributed by atoms with E-state index >= 15 is 0 Å². The zero-order valence-corrected chi connectivity index (χ0v) is 15.3. The van der Waals surface area contributed by atoms with E-state index in [0.717, 1.165) is 30.8 Å². The Kier molecular flexibility index (Phi) is 5.40. The Morgan fingerprint density at radius 1 is 1.16 bits per heavy atom. The van der Waals surface area contributed by atoms with E-state index in [2.05, 4.69) is 62.9 Å². The van der Waals surface area contributed by atoms with Gasteiger partial charge in [-0.2, -0.15) is 0 Å². The van der Waals surface area contributed by atoms with Crippen molar-refractivity contribution in [2.45, 2.75) is 32.8 Å². The molecule has 1 saturated heterocycles. The smallest absolute Gasteiger partial charge is 0.119 e. The van der Waals surface area contributed by atoms with Crippen LogP contribution in [0.1, 0.15) is 35.1 Å². The van der Waals surface area contributed by atoms with Crippen LogP contribution in [0.25, 0.3) is 5.57 Å². The van der Waals surface area contributed by atoms with E-state index in [1.807, 2.05) is 6.07 Å². The minimum absolute atomic E-state index is 0.138. The van der Waals surface area contributed by atoms with Gasteiger partial charge in [0.05, 0.1) is 13.2 Å². The molecule has 3 rings (SSSR count). The first-order valence-electron chi connectivity index (χ1n) is 8.82. The molecule has 1 unspecified atom stereocenters. The fourth-order valence-electron chi connectivity index (χ4n) is 3.26. The second-order valence-corrected chi connectivity index (χ2v) is 6.68. The van der Waals surface area contributed by atoms with Gasteiger partial charge in [-0.3, -0.25) is 0 Å². The van der Waals surface area contributed by atoms with E-state index < -0.39 is 0 Å². The van der Waals surface area contributed by atoms with Gasteiger partial charge >= 0.3 is 0 Å². The molecule has 1 atom stereocenters. The van der Waals surface area contributed by atoms with Gasteiger partial charge < -0.3 is 9.47 Å². The molecule has 0 amide bonds. The molecule has 0 radical (unpaired) electrons. The van der Waals surface area contributed by atoms with Crippen molar-refractivity contribution in [3.8, 4) is 5.75 Å². The van der Waals surface area contributed by atoms with Gasteiger partial charge in [0.2, 0.25) is 0 Å². The van der Waals surface area contributed by atoms with Gasteiger partial charge in [0, 0.05) is 6.61 Å². The second kappa shape index (κ2) is 7.71. The van der Waals surface area contributed by atoms with Crippen LogP contribution in [0.5, 0.6) is 5.75 Å². The van der Waals surface area contributed by atoms with Crippen molar-refractivity contribution < 1.29 is 9.47 Å². The van der Waals surface area contributed by atoms with Crippen LogP contribution in [0.3, 0.4) is 0 Å². The summed E-state index contributed by atoms with van der Waals surface area (Å²) in [5.41, 5.74) is 7.06. The summed E-state index contributed by atoms with van der Waals surface area (Å²) in [5, 5.41) is 0. The molecule has 1 fully saturated rings. The predicted octanol–water partition coefficient (Wildman–Crippen LogP) is 5.48. The fraction of sp³-hybridized carbons (Fsp3) is 0.304. The third kappa shape index (κ3) is 4.02. The minimum atomic E-state index is 0.138. The predicted molar refractivity (Wildman–Crippen MR) is 104 cm³/mol. The summed E-state index contributed by atoms with van der Waals surface area (Å²) in [4.78, 5) is 0. The number of methoxy groups -OCH3 is 1. The highest BCUT2D eigenvalue weighted by Crippen LogP contribution is 2.31. The molecule has 2 aromatic carbocycles. The molecule has 25 heavy (non-hydrogen) atoms.